The molecule has 8 nitrogen and oxygen atoms in total. The molecule has 1 aliphatic rings. The first-order valence-corrected chi connectivity index (χ1v) is 12.3. The molecule has 3 atom stereocenters. The van der Waals surface area contributed by atoms with Gasteiger partial charge in [0.2, 0.25) is 0 Å². The summed E-state index contributed by atoms with van der Waals surface area (Å²) >= 11 is 0. The molecule has 0 bridgehead atoms. The summed E-state index contributed by atoms with van der Waals surface area (Å²) < 4.78 is 41.2. The van der Waals surface area contributed by atoms with Gasteiger partial charge in [-0.2, -0.15) is 8.42 Å². The summed E-state index contributed by atoms with van der Waals surface area (Å²) in [5, 5.41) is 2.73. The van der Waals surface area contributed by atoms with Gasteiger partial charge in [-0.25, -0.2) is 4.79 Å². The number of esters is 1. The van der Waals surface area contributed by atoms with E-state index in [0.29, 0.717) is 12.8 Å². The molecule has 0 saturated heterocycles. The largest absolute Gasteiger partial charge is 0.466 e. The van der Waals surface area contributed by atoms with E-state index in [1.807, 2.05) is 37.3 Å². The van der Waals surface area contributed by atoms with E-state index in [2.05, 4.69) is 5.32 Å². The zero-order valence-electron chi connectivity index (χ0n) is 18.7. The summed E-state index contributed by atoms with van der Waals surface area (Å²) in [7, 11) is -3.98. The second-order valence-electron chi connectivity index (χ2n) is 7.97. The van der Waals surface area contributed by atoms with Crippen molar-refractivity contribution in [2.24, 2.45) is 5.92 Å². The molecule has 33 heavy (non-hydrogen) atoms. The Labute approximate surface area is 194 Å². The molecule has 0 aliphatic heterocycles. The maximum Gasteiger partial charge on any atom is 0.407 e. The lowest BCUT2D eigenvalue weighted by molar-refractivity contribution is -0.151. The van der Waals surface area contributed by atoms with Crippen molar-refractivity contribution in [2.45, 2.75) is 56.8 Å². The minimum atomic E-state index is -3.98. The predicted octanol–water partition coefficient (Wildman–Crippen LogP) is 3.73. The molecular formula is C24H29NO7S. The van der Waals surface area contributed by atoms with Crippen molar-refractivity contribution in [3.05, 3.63) is 65.7 Å². The lowest BCUT2D eigenvalue weighted by atomic mass is 9.83. The number of carbonyl (C=O) groups excluding carboxylic acids is 2. The lowest BCUT2D eigenvalue weighted by Crippen LogP contribution is -2.49. The van der Waals surface area contributed by atoms with E-state index in [0.717, 1.165) is 11.1 Å². The van der Waals surface area contributed by atoms with Gasteiger partial charge in [-0.05, 0) is 50.8 Å². The second kappa shape index (κ2) is 11.3. The number of hydrogen-bond acceptors (Lipinski definition) is 7. The van der Waals surface area contributed by atoms with Gasteiger partial charge in [0.1, 0.15) is 6.61 Å². The van der Waals surface area contributed by atoms with Crippen LogP contribution >= 0.6 is 0 Å². The number of alkyl carbamates (subject to hydrolysis) is 1. The Morgan fingerprint density at radius 2 is 1.70 bits per heavy atom. The maximum absolute atomic E-state index is 12.7. The number of amides is 1. The zero-order valence-corrected chi connectivity index (χ0v) is 19.5. The van der Waals surface area contributed by atoms with Crippen molar-refractivity contribution in [1.82, 2.24) is 5.32 Å². The first-order chi connectivity index (χ1) is 15.8. The third kappa shape index (κ3) is 7.03. The van der Waals surface area contributed by atoms with E-state index < -0.39 is 40.2 Å². The van der Waals surface area contributed by atoms with Crippen molar-refractivity contribution >= 4 is 22.2 Å². The summed E-state index contributed by atoms with van der Waals surface area (Å²) in [4.78, 5) is 25.0. The van der Waals surface area contributed by atoms with Gasteiger partial charge in [0.25, 0.3) is 10.1 Å². The number of carbonyl (C=O) groups is 2. The van der Waals surface area contributed by atoms with E-state index >= 15 is 0 Å². The normalized spacial score (nSPS) is 20.6. The Morgan fingerprint density at radius 1 is 1.00 bits per heavy atom. The standard InChI is InChI=1S/C24H29NO7S/c1-3-30-23(26)21-15-19(32-33(28,29)20-12-9-17(2)10-13-20)11-14-22(21)25-24(27)31-16-18-7-5-4-6-8-18/h4-10,12-13,19,21-22H,3,11,14-16H2,1-2H3,(H,25,27)/t19-,21-,22-/m1/s1. The van der Waals surface area contributed by atoms with Crippen LogP contribution in [0.15, 0.2) is 59.5 Å². The Balaban J connectivity index is 1.63. The van der Waals surface area contributed by atoms with Crippen molar-refractivity contribution in [1.29, 1.82) is 0 Å². The summed E-state index contributed by atoms with van der Waals surface area (Å²) in [5.41, 5.74) is 1.77. The molecule has 1 saturated carbocycles. The molecule has 0 aromatic heterocycles. The van der Waals surface area contributed by atoms with Gasteiger partial charge >= 0.3 is 12.1 Å². The van der Waals surface area contributed by atoms with Crippen molar-refractivity contribution in [3.63, 3.8) is 0 Å². The molecule has 0 radical (unpaired) electrons. The maximum atomic E-state index is 12.7. The van der Waals surface area contributed by atoms with Crippen molar-refractivity contribution in [3.8, 4) is 0 Å². The molecule has 1 amide bonds. The minimum Gasteiger partial charge on any atom is -0.466 e. The molecule has 2 aromatic rings. The molecule has 1 fully saturated rings. The SMILES string of the molecule is CCOC(=O)[C@@H]1C[C@H](OS(=O)(=O)c2ccc(C)cc2)CC[C@H]1NC(=O)OCc1ccccc1. The van der Waals surface area contributed by atoms with Crippen LogP contribution in [0.5, 0.6) is 0 Å². The molecule has 0 unspecified atom stereocenters. The molecule has 3 rings (SSSR count). The summed E-state index contributed by atoms with van der Waals surface area (Å²) in [6.45, 7) is 3.82. The topological polar surface area (TPSA) is 108 Å². The molecular weight excluding hydrogens is 446 g/mol. The smallest absolute Gasteiger partial charge is 0.407 e. The van der Waals surface area contributed by atoms with Crippen LogP contribution < -0.4 is 5.32 Å². The lowest BCUT2D eigenvalue weighted by Gasteiger charge is -2.34. The number of rotatable bonds is 8. The van der Waals surface area contributed by atoms with E-state index in [1.54, 1.807) is 19.1 Å². The Kier molecular flexibility index (Phi) is 8.46. The second-order valence-corrected chi connectivity index (χ2v) is 9.54. The van der Waals surface area contributed by atoms with Gasteiger partial charge < -0.3 is 14.8 Å². The van der Waals surface area contributed by atoms with Gasteiger partial charge in [-0.3, -0.25) is 8.98 Å². The van der Waals surface area contributed by atoms with Crippen molar-refractivity contribution < 1.29 is 31.7 Å². The van der Waals surface area contributed by atoms with Crippen LogP contribution in [0.25, 0.3) is 0 Å². The Bertz CT molecular complexity index is 1040. The van der Waals surface area contributed by atoms with Crippen LogP contribution in [0.2, 0.25) is 0 Å². The van der Waals surface area contributed by atoms with Crippen LogP contribution in [0.3, 0.4) is 0 Å². The molecule has 1 N–H and O–H groups in total. The van der Waals surface area contributed by atoms with E-state index in [1.165, 1.54) is 12.1 Å². The molecule has 0 heterocycles. The van der Waals surface area contributed by atoms with Crippen molar-refractivity contribution in [2.75, 3.05) is 6.61 Å². The summed E-state index contributed by atoms with van der Waals surface area (Å²) in [5.74, 6) is -1.26. The number of aryl methyl sites for hydroxylation is 1. The van der Waals surface area contributed by atoms with Crippen LogP contribution in [0.4, 0.5) is 4.79 Å². The fourth-order valence-corrected chi connectivity index (χ4v) is 4.87. The Morgan fingerprint density at radius 3 is 2.36 bits per heavy atom. The molecule has 0 spiro atoms. The minimum absolute atomic E-state index is 0.0607. The quantitative estimate of drug-likeness (QED) is 0.458. The number of ether oxygens (including phenoxy) is 2. The van der Waals surface area contributed by atoms with E-state index in [9.17, 15) is 18.0 Å². The molecule has 1 aliphatic carbocycles. The first-order valence-electron chi connectivity index (χ1n) is 10.9. The highest BCUT2D eigenvalue weighted by molar-refractivity contribution is 7.86. The van der Waals surface area contributed by atoms with Crippen LogP contribution in [-0.2, 0) is 35.2 Å². The monoisotopic (exact) mass is 475 g/mol. The average molecular weight is 476 g/mol. The first kappa shape index (κ1) is 24.7. The van der Waals surface area contributed by atoms with E-state index in [-0.39, 0.29) is 24.5 Å². The highest BCUT2D eigenvalue weighted by Gasteiger charge is 2.39. The Hall–Kier alpha value is -2.91. The van der Waals surface area contributed by atoms with Crippen LogP contribution in [0, 0.1) is 12.8 Å². The number of hydrogen-bond donors (Lipinski definition) is 1. The average Bonchev–Trinajstić information content (AvgIpc) is 2.79. The number of nitrogens with one attached hydrogen (secondary N) is 1. The van der Waals surface area contributed by atoms with Gasteiger partial charge in [0, 0.05) is 6.04 Å². The predicted molar refractivity (Wildman–Crippen MR) is 121 cm³/mol. The third-order valence-electron chi connectivity index (χ3n) is 5.48. The number of benzene rings is 2. The fraction of sp³-hybridized carbons (Fsp3) is 0.417. The van der Waals surface area contributed by atoms with Gasteiger partial charge in [0.05, 0.1) is 23.5 Å². The van der Waals surface area contributed by atoms with Gasteiger partial charge in [-0.15, -0.1) is 0 Å². The molecule has 9 heteroatoms. The van der Waals surface area contributed by atoms with Crippen LogP contribution in [0.1, 0.15) is 37.3 Å². The summed E-state index contributed by atoms with van der Waals surface area (Å²) in [6, 6.07) is 15.1. The third-order valence-corrected chi connectivity index (χ3v) is 6.85. The molecule has 2 aromatic carbocycles. The highest BCUT2D eigenvalue weighted by atomic mass is 32.2. The highest BCUT2D eigenvalue weighted by Crippen LogP contribution is 2.30. The van der Waals surface area contributed by atoms with Gasteiger partial charge in [-0.1, -0.05) is 48.0 Å². The van der Waals surface area contributed by atoms with Crippen LogP contribution in [-0.4, -0.2) is 39.2 Å². The van der Waals surface area contributed by atoms with Gasteiger partial charge in [0.15, 0.2) is 0 Å². The van der Waals surface area contributed by atoms with E-state index in [4.69, 9.17) is 13.7 Å². The fourth-order valence-electron chi connectivity index (χ4n) is 3.76. The zero-order chi connectivity index (χ0) is 23.8. The molecule has 178 valence electrons. The summed E-state index contributed by atoms with van der Waals surface area (Å²) in [6.07, 6.45) is -0.551.